The van der Waals surface area contributed by atoms with Gasteiger partial charge in [0.05, 0.1) is 0 Å². The molecule has 1 aromatic carbocycles. The third-order valence-electron chi connectivity index (χ3n) is 2.19. The molecule has 0 aromatic heterocycles. The molecule has 0 aliphatic heterocycles. The van der Waals surface area contributed by atoms with Gasteiger partial charge in [-0.15, -0.1) is 0 Å². The Kier molecular flexibility index (Phi) is 2.49. The molecular formula is C11H9IO. The number of halogens is 1. The van der Waals surface area contributed by atoms with Crippen LogP contribution in [0.25, 0.3) is 6.08 Å². The molecule has 0 fully saturated rings. The van der Waals surface area contributed by atoms with E-state index in [1.807, 2.05) is 6.08 Å². The highest BCUT2D eigenvalue weighted by Gasteiger charge is 2.07. The second-order valence-electron chi connectivity index (χ2n) is 3.14. The second-order valence-corrected chi connectivity index (χ2v) is 4.39. The first-order valence-corrected chi connectivity index (χ1v) is 5.33. The lowest BCUT2D eigenvalue weighted by molar-refractivity contribution is -0.114. The molecule has 0 saturated heterocycles. The van der Waals surface area contributed by atoms with Crippen LogP contribution in [-0.2, 0) is 11.2 Å². The van der Waals surface area contributed by atoms with Gasteiger partial charge in [-0.2, -0.15) is 0 Å². The van der Waals surface area contributed by atoms with Crippen LogP contribution >= 0.6 is 22.6 Å². The van der Waals surface area contributed by atoms with E-state index in [1.165, 1.54) is 14.7 Å². The lowest BCUT2D eigenvalue weighted by Gasteiger charge is -2.02. The van der Waals surface area contributed by atoms with Crippen LogP contribution in [0.1, 0.15) is 17.5 Å². The van der Waals surface area contributed by atoms with Crippen molar-refractivity contribution in [3.8, 4) is 0 Å². The van der Waals surface area contributed by atoms with Crippen LogP contribution in [0.15, 0.2) is 24.3 Å². The zero-order valence-electron chi connectivity index (χ0n) is 7.09. The van der Waals surface area contributed by atoms with Gasteiger partial charge < -0.3 is 0 Å². The van der Waals surface area contributed by atoms with Crippen LogP contribution in [0.3, 0.4) is 0 Å². The number of fused-ring (bicyclic) bond motifs is 1. The summed E-state index contributed by atoms with van der Waals surface area (Å²) in [7, 11) is 0. The summed E-state index contributed by atoms with van der Waals surface area (Å²) in [4.78, 5) is 11.1. The van der Waals surface area contributed by atoms with Gasteiger partial charge in [0.1, 0.15) is 0 Å². The lowest BCUT2D eigenvalue weighted by atomic mass is 10.0. The summed E-state index contributed by atoms with van der Waals surface area (Å²) in [6.07, 6.45) is 5.11. The average Bonchev–Trinajstić information content (AvgIpc) is 2.29. The van der Waals surface area contributed by atoms with Crippen molar-refractivity contribution in [1.82, 2.24) is 0 Å². The molecule has 1 aliphatic rings. The zero-order valence-corrected chi connectivity index (χ0v) is 9.24. The monoisotopic (exact) mass is 284 g/mol. The van der Waals surface area contributed by atoms with Crippen LogP contribution < -0.4 is 0 Å². The normalized spacial score (nSPS) is 15.3. The van der Waals surface area contributed by atoms with Gasteiger partial charge in [0.15, 0.2) is 5.78 Å². The van der Waals surface area contributed by atoms with E-state index in [2.05, 4.69) is 40.8 Å². The molecule has 2 heteroatoms. The molecule has 1 aromatic rings. The van der Waals surface area contributed by atoms with Gasteiger partial charge in [0, 0.05) is 9.99 Å². The lowest BCUT2D eigenvalue weighted by Crippen LogP contribution is -1.93. The first-order valence-electron chi connectivity index (χ1n) is 4.25. The van der Waals surface area contributed by atoms with Crippen molar-refractivity contribution in [2.75, 3.05) is 0 Å². The predicted molar refractivity (Wildman–Crippen MR) is 61.5 cm³/mol. The topological polar surface area (TPSA) is 17.1 Å². The Bertz CT molecular complexity index is 380. The van der Waals surface area contributed by atoms with Crippen LogP contribution in [0.4, 0.5) is 0 Å². The van der Waals surface area contributed by atoms with Gasteiger partial charge in [0.2, 0.25) is 0 Å². The third-order valence-corrected chi connectivity index (χ3v) is 2.87. The summed E-state index contributed by atoms with van der Waals surface area (Å²) < 4.78 is 1.24. The van der Waals surface area contributed by atoms with Crippen LogP contribution in [0, 0.1) is 3.57 Å². The van der Waals surface area contributed by atoms with E-state index in [0.717, 1.165) is 6.42 Å². The minimum atomic E-state index is 0.228. The molecule has 0 spiro atoms. The fraction of sp³-hybridized carbons (Fsp3) is 0.182. The van der Waals surface area contributed by atoms with Crippen molar-refractivity contribution in [3.63, 3.8) is 0 Å². The van der Waals surface area contributed by atoms with Crippen LogP contribution in [0.5, 0.6) is 0 Å². The molecule has 0 saturated carbocycles. The molecule has 0 amide bonds. The Morgan fingerprint density at radius 1 is 1.15 bits per heavy atom. The fourth-order valence-corrected chi connectivity index (χ4v) is 2.03. The van der Waals surface area contributed by atoms with Crippen molar-refractivity contribution >= 4 is 34.5 Å². The molecule has 0 N–H and O–H groups in total. The highest BCUT2D eigenvalue weighted by atomic mass is 127. The number of ketones is 1. The Labute approximate surface area is 91.0 Å². The van der Waals surface area contributed by atoms with Crippen molar-refractivity contribution < 1.29 is 4.79 Å². The number of rotatable bonds is 0. The van der Waals surface area contributed by atoms with Gasteiger partial charge in [-0.05, 0) is 58.3 Å². The maximum absolute atomic E-state index is 11.1. The number of carbonyl (C=O) groups excluding carboxylic acids is 1. The minimum Gasteiger partial charge on any atom is -0.295 e. The van der Waals surface area contributed by atoms with Crippen molar-refractivity contribution in [1.29, 1.82) is 0 Å². The Hall–Kier alpha value is -0.640. The fourth-order valence-electron chi connectivity index (χ4n) is 1.48. The number of hydrogen-bond donors (Lipinski definition) is 0. The van der Waals surface area contributed by atoms with E-state index >= 15 is 0 Å². The van der Waals surface area contributed by atoms with E-state index in [9.17, 15) is 4.79 Å². The zero-order chi connectivity index (χ0) is 9.26. The minimum absolute atomic E-state index is 0.228. The van der Waals surface area contributed by atoms with Crippen LogP contribution in [-0.4, -0.2) is 5.78 Å². The molecule has 0 bridgehead atoms. The van der Waals surface area contributed by atoms with Gasteiger partial charge in [-0.1, -0.05) is 12.1 Å². The first kappa shape index (κ1) is 8.94. The molecular weight excluding hydrogens is 275 g/mol. The SMILES string of the molecule is O=C1C=Cc2ccc(I)cc2CC1. The van der Waals surface area contributed by atoms with E-state index in [0.29, 0.717) is 6.42 Å². The molecule has 1 nitrogen and oxygen atoms in total. The smallest absolute Gasteiger partial charge is 0.156 e. The predicted octanol–water partition coefficient (Wildman–Crippen LogP) is 2.82. The van der Waals surface area contributed by atoms with Gasteiger partial charge in [-0.25, -0.2) is 0 Å². The molecule has 0 atom stereocenters. The molecule has 0 radical (unpaired) electrons. The number of aryl methyl sites for hydroxylation is 1. The van der Waals surface area contributed by atoms with Gasteiger partial charge >= 0.3 is 0 Å². The number of carbonyl (C=O) groups is 1. The summed E-state index contributed by atoms with van der Waals surface area (Å²) in [5.41, 5.74) is 2.47. The van der Waals surface area contributed by atoms with E-state index in [4.69, 9.17) is 0 Å². The van der Waals surface area contributed by atoms with Crippen molar-refractivity contribution in [2.24, 2.45) is 0 Å². The Morgan fingerprint density at radius 2 is 2.00 bits per heavy atom. The maximum Gasteiger partial charge on any atom is 0.156 e. The summed E-state index contributed by atoms with van der Waals surface area (Å²) in [5.74, 6) is 0.228. The number of hydrogen-bond acceptors (Lipinski definition) is 1. The highest BCUT2D eigenvalue weighted by molar-refractivity contribution is 14.1. The summed E-state index contributed by atoms with van der Waals surface area (Å²) in [5, 5.41) is 0. The largest absolute Gasteiger partial charge is 0.295 e. The van der Waals surface area contributed by atoms with E-state index in [1.54, 1.807) is 6.08 Å². The van der Waals surface area contributed by atoms with E-state index < -0.39 is 0 Å². The molecule has 0 unspecified atom stereocenters. The summed E-state index contributed by atoms with van der Waals surface area (Å²) in [6, 6.07) is 6.30. The quantitative estimate of drug-likeness (QED) is 0.669. The Morgan fingerprint density at radius 3 is 2.85 bits per heavy atom. The molecule has 66 valence electrons. The second kappa shape index (κ2) is 3.62. The molecule has 2 rings (SSSR count). The molecule has 1 aliphatic carbocycles. The number of allylic oxidation sites excluding steroid dienone is 1. The van der Waals surface area contributed by atoms with Crippen molar-refractivity contribution in [2.45, 2.75) is 12.8 Å². The average molecular weight is 284 g/mol. The van der Waals surface area contributed by atoms with Crippen molar-refractivity contribution in [3.05, 3.63) is 39.0 Å². The number of benzene rings is 1. The Balaban J connectivity index is 2.46. The highest BCUT2D eigenvalue weighted by Crippen LogP contribution is 2.19. The summed E-state index contributed by atoms with van der Waals surface area (Å²) >= 11 is 2.29. The van der Waals surface area contributed by atoms with Crippen LogP contribution in [0.2, 0.25) is 0 Å². The standard InChI is InChI=1S/C11H9IO/c12-10-4-1-8-2-5-11(13)6-3-9(8)7-10/h1-2,4-5,7H,3,6H2. The third kappa shape index (κ3) is 1.99. The first-order chi connectivity index (χ1) is 6.25. The van der Waals surface area contributed by atoms with Gasteiger partial charge in [0.25, 0.3) is 0 Å². The molecule has 13 heavy (non-hydrogen) atoms. The van der Waals surface area contributed by atoms with E-state index in [-0.39, 0.29) is 5.78 Å². The summed E-state index contributed by atoms with van der Waals surface area (Å²) in [6.45, 7) is 0. The molecule has 0 heterocycles. The van der Waals surface area contributed by atoms with Gasteiger partial charge in [-0.3, -0.25) is 4.79 Å². The maximum atomic E-state index is 11.1.